The van der Waals surface area contributed by atoms with Gasteiger partial charge in [0.15, 0.2) is 0 Å². The van der Waals surface area contributed by atoms with E-state index in [1.54, 1.807) is 0 Å². The Morgan fingerprint density at radius 3 is 1.62 bits per heavy atom. The first-order valence-corrected chi connectivity index (χ1v) is 19.2. The highest BCUT2D eigenvalue weighted by Gasteiger charge is 2.51. The van der Waals surface area contributed by atoms with Gasteiger partial charge in [-0.2, -0.15) is 0 Å². The van der Waals surface area contributed by atoms with Gasteiger partial charge in [0.05, 0.1) is 5.41 Å². The summed E-state index contributed by atoms with van der Waals surface area (Å²) in [4.78, 5) is 2.30. The van der Waals surface area contributed by atoms with Gasteiger partial charge in [-0.1, -0.05) is 153 Å². The minimum absolute atomic E-state index is 0.0442. The lowest BCUT2D eigenvalue weighted by atomic mass is 9.65. The summed E-state index contributed by atoms with van der Waals surface area (Å²) in [6.45, 7) is 4.68. The Morgan fingerprint density at radius 1 is 0.382 bits per heavy atom. The van der Waals surface area contributed by atoms with Crippen LogP contribution in [0.5, 0.6) is 11.5 Å². The van der Waals surface area contributed by atoms with E-state index in [9.17, 15) is 0 Å². The molecule has 8 aromatic rings. The molecule has 0 fully saturated rings. The van der Waals surface area contributed by atoms with E-state index in [1.807, 2.05) is 0 Å². The average molecular weight is 706 g/mol. The fraction of sp³-hybridized carbons (Fsp3) is 0.0943. The van der Waals surface area contributed by atoms with E-state index in [2.05, 4.69) is 208 Å². The summed E-state index contributed by atoms with van der Waals surface area (Å²) in [5.74, 6) is 1.82. The van der Waals surface area contributed by atoms with Crippen LogP contribution in [0.3, 0.4) is 0 Å². The van der Waals surface area contributed by atoms with Crippen LogP contribution >= 0.6 is 0 Å². The molecule has 55 heavy (non-hydrogen) atoms. The summed E-state index contributed by atoms with van der Waals surface area (Å²) in [6, 6.07) is 66.8. The Bertz CT molecular complexity index is 2780. The molecule has 0 aromatic heterocycles. The van der Waals surface area contributed by atoms with Crippen molar-refractivity contribution < 1.29 is 4.74 Å². The van der Waals surface area contributed by atoms with Gasteiger partial charge in [-0.25, -0.2) is 0 Å². The van der Waals surface area contributed by atoms with E-state index in [4.69, 9.17) is 4.74 Å². The molecule has 1 aliphatic heterocycles. The van der Waals surface area contributed by atoms with Crippen molar-refractivity contribution in [3.05, 3.63) is 215 Å². The molecule has 1 heterocycles. The van der Waals surface area contributed by atoms with Crippen molar-refractivity contribution in [2.45, 2.75) is 24.7 Å². The van der Waals surface area contributed by atoms with E-state index in [-0.39, 0.29) is 5.41 Å². The average Bonchev–Trinajstić information content (AvgIpc) is 3.66. The first kappa shape index (κ1) is 31.8. The summed E-state index contributed by atoms with van der Waals surface area (Å²) >= 11 is 0. The number of hydrogen-bond acceptors (Lipinski definition) is 2. The van der Waals surface area contributed by atoms with Gasteiger partial charge in [0.2, 0.25) is 0 Å². The van der Waals surface area contributed by atoms with Crippen molar-refractivity contribution in [3.8, 4) is 56.0 Å². The van der Waals surface area contributed by atoms with Crippen LogP contribution in [0.4, 0.5) is 11.4 Å². The molecule has 2 aliphatic carbocycles. The van der Waals surface area contributed by atoms with Gasteiger partial charge in [-0.3, -0.25) is 0 Å². The molecule has 0 atom stereocenters. The van der Waals surface area contributed by atoms with Crippen LogP contribution in [-0.2, 0) is 10.8 Å². The highest BCUT2D eigenvalue weighted by Crippen LogP contribution is 2.63. The number of rotatable bonds is 4. The summed E-state index contributed by atoms with van der Waals surface area (Å²) in [5, 5.41) is 0. The second-order valence-electron chi connectivity index (χ2n) is 15.7. The molecule has 0 N–H and O–H groups in total. The highest BCUT2D eigenvalue weighted by molar-refractivity contribution is 5.92. The van der Waals surface area contributed by atoms with Gasteiger partial charge in [-0.05, 0) is 104 Å². The number of para-hydroxylation sites is 1. The molecule has 1 spiro atoms. The molecule has 2 nitrogen and oxygen atoms in total. The molecule has 0 radical (unpaired) electrons. The molecule has 0 amide bonds. The molecule has 8 aromatic carbocycles. The van der Waals surface area contributed by atoms with Crippen LogP contribution in [0.2, 0.25) is 0 Å². The lowest BCUT2D eigenvalue weighted by Crippen LogP contribution is -2.32. The molecular formula is C53H39NO. The van der Waals surface area contributed by atoms with Gasteiger partial charge in [0, 0.05) is 40.5 Å². The van der Waals surface area contributed by atoms with Gasteiger partial charge < -0.3 is 9.64 Å². The third-order valence-corrected chi connectivity index (χ3v) is 12.6. The largest absolute Gasteiger partial charge is 0.456 e. The summed E-state index contributed by atoms with van der Waals surface area (Å²) in [6.07, 6.45) is 0. The first-order valence-electron chi connectivity index (χ1n) is 19.2. The smallest absolute Gasteiger partial charge is 0.140 e. The lowest BCUT2D eigenvalue weighted by Gasteiger charge is -2.40. The second-order valence-corrected chi connectivity index (χ2v) is 15.7. The van der Waals surface area contributed by atoms with Crippen molar-refractivity contribution in [2.75, 3.05) is 11.9 Å². The molecule has 0 saturated carbocycles. The molecule has 2 heteroatoms. The van der Waals surface area contributed by atoms with E-state index in [0.717, 1.165) is 39.4 Å². The van der Waals surface area contributed by atoms with Crippen molar-refractivity contribution >= 4 is 11.4 Å². The number of ether oxygens (including phenoxy) is 1. The van der Waals surface area contributed by atoms with Gasteiger partial charge in [-0.15, -0.1) is 0 Å². The normalized spacial score (nSPS) is 14.5. The standard InChI is InChI=1S/C53H39NO/c1-52(2)44-20-10-7-17-39(44)42-30-29-38(33-48(42)52)54(3)37-27-25-34(26-28-37)36-31-43(35-15-5-4-6-16-35)51-49(32-36)53(47-23-13-14-24-50(47)55-51)45-21-11-8-18-40(45)41-19-9-12-22-46(41)53/h4-33H,1-3H3. The van der Waals surface area contributed by atoms with Crippen molar-refractivity contribution in [3.63, 3.8) is 0 Å². The van der Waals surface area contributed by atoms with E-state index >= 15 is 0 Å². The molecule has 3 aliphatic rings. The van der Waals surface area contributed by atoms with Crippen LogP contribution in [0, 0.1) is 0 Å². The maximum atomic E-state index is 7.03. The zero-order chi connectivity index (χ0) is 36.9. The number of fused-ring (bicyclic) bond motifs is 12. The minimum Gasteiger partial charge on any atom is -0.456 e. The zero-order valence-electron chi connectivity index (χ0n) is 31.2. The fourth-order valence-electron chi connectivity index (χ4n) is 9.88. The van der Waals surface area contributed by atoms with Crippen molar-refractivity contribution in [1.29, 1.82) is 0 Å². The Hall–Kier alpha value is -6.64. The van der Waals surface area contributed by atoms with E-state index in [0.29, 0.717) is 0 Å². The van der Waals surface area contributed by atoms with E-state index in [1.165, 1.54) is 61.3 Å². The molecule has 0 bridgehead atoms. The number of hydrogen-bond donors (Lipinski definition) is 0. The zero-order valence-corrected chi connectivity index (χ0v) is 31.2. The van der Waals surface area contributed by atoms with Gasteiger partial charge in [0.25, 0.3) is 0 Å². The SMILES string of the molecule is CN(c1ccc(-c2cc(-c3ccccc3)c3c(c2)C2(c4ccccc4O3)c3ccccc3-c3ccccc32)cc1)c1ccc2c(c1)C(C)(C)c1ccccc1-2. The van der Waals surface area contributed by atoms with Gasteiger partial charge in [0.1, 0.15) is 11.5 Å². The van der Waals surface area contributed by atoms with Crippen LogP contribution in [0.1, 0.15) is 47.2 Å². The third-order valence-electron chi connectivity index (χ3n) is 12.6. The highest BCUT2D eigenvalue weighted by atomic mass is 16.5. The summed E-state index contributed by atoms with van der Waals surface area (Å²) in [5.41, 5.74) is 19.2. The first-order chi connectivity index (χ1) is 26.9. The van der Waals surface area contributed by atoms with Crippen LogP contribution < -0.4 is 9.64 Å². The van der Waals surface area contributed by atoms with Crippen molar-refractivity contribution in [1.82, 2.24) is 0 Å². The summed E-state index contributed by atoms with van der Waals surface area (Å²) in [7, 11) is 2.17. The van der Waals surface area contributed by atoms with Crippen LogP contribution in [-0.4, -0.2) is 7.05 Å². The Balaban J connectivity index is 1.07. The number of nitrogens with zero attached hydrogens (tertiary/aromatic N) is 1. The topological polar surface area (TPSA) is 12.5 Å². The van der Waals surface area contributed by atoms with Gasteiger partial charge >= 0.3 is 0 Å². The number of anilines is 2. The predicted octanol–water partition coefficient (Wildman–Crippen LogP) is 13.6. The minimum atomic E-state index is -0.544. The fourth-order valence-corrected chi connectivity index (χ4v) is 9.88. The maximum absolute atomic E-state index is 7.03. The molecule has 0 saturated heterocycles. The quantitative estimate of drug-likeness (QED) is 0.181. The molecule has 262 valence electrons. The predicted molar refractivity (Wildman–Crippen MR) is 227 cm³/mol. The third kappa shape index (κ3) is 4.43. The van der Waals surface area contributed by atoms with Crippen molar-refractivity contribution in [2.24, 2.45) is 0 Å². The maximum Gasteiger partial charge on any atom is 0.140 e. The summed E-state index contributed by atoms with van der Waals surface area (Å²) < 4.78 is 7.03. The lowest BCUT2D eigenvalue weighted by molar-refractivity contribution is 0.438. The second kappa shape index (κ2) is 11.7. The Labute approximate surface area is 323 Å². The van der Waals surface area contributed by atoms with E-state index < -0.39 is 5.41 Å². The monoisotopic (exact) mass is 705 g/mol. The molecular weight excluding hydrogens is 667 g/mol. The Kier molecular flexibility index (Phi) is 6.76. The Morgan fingerprint density at radius 2 is 0.927 bits per heavy atom. The van der Waals surface area contributed by atoms with Crippen LogP contribution in [0.25, 0.3) is 44.5 Å². The molecule has 11 rings (SSSR count). The van der Waals surface area contributed by atoms with Crippen LogP contribution in [0.15, 0.2) is 182 Å². The number of benzene rings is 8. The molecule has 0 unspecified atom stereocenters.